The number of carboxylic acid groups (broad SMARTS) is 2. The fourth-order valence-electron chi connectivity index (χ4n) is 3.97. The van der Waals surface area contributed by atoms with E-state index in [0.717, 1.165) is 10.1 Å². The van der Waals surface area contributed by atoms with Gasteiger partial charge in [-0.1, -0.05) is 28.9 Å². The maximum Gasteiger partial charge on any atom is 0.521 e. The normalized spacial score (nSPS) is 31.4. The Bertz CT molecular complexity index is 605. The molecule has 2 heterocycles. The fourth-order valence-corrected chi connectivity index (χ4v) is 4.46. The van der Waals surface area contributed by atoms with Crippen LogP contribution in [0.25, 0.3) is 0 Å². The first-order chi connectivity index (χ1) is 10.1. The van der Waals surface area contributed by atoms with Crippen molar-refractivity contribution in [2.75, 3.05) is 6.54 Å². The molecular weight excluding hydrogens is 352 g/mol. The number of nitrogens with zero attached hydrogens (tertiary/aromatic N) is 1. The highest BCUT2D eigenvalue weighted by molar-refractivity contribution is 9.12. The van der Waals surface area contributed by atoms with Crippen molar-refractivity contribution < 1.29 is 24.3 Å². The first kappa shape index (κ1) is 17.0. The lowest BCUT2D eigenvalue weighted by atomic mass is 9.84. The zero-order valence-corrected chi connectivity index (χ0v) is 14.8. The molecule has 6 nitrogen and oxygen atoms in total. The van der Waals surface area contributed by atoms with Crippen molar-refractivity contribution in [3.05, 3.63) is 22.0 Å². The van der Waals surface area contributed by atoms with E-state index in [2.05, 4.69) is 21.2 Å². The summed E-state index contributed by atoms with van der Waals surface area (Å²) in [6.45, 7) is 7.54. The molecule has 2 aliphatic rings. The van der Waals surface area contributed by atoms with Gasteiger partial charge in [-0.15, -0.1) is 0 Å². The molecule has 0 bridgehead atoms. The highest BCUT2D eigenvalue weighted by Gasteiger charge is 2.73. The van der Waals surface area contributed by atoms with Gasteiger partial charge in [0.1, 0.15) is 5.54 Å². The number of dihydropyridines is 1. The van der Waals surface area contributed by atoms with Crippen LogP contribution in [-0.4, -0.2) is 44.4 Å². The van der Waals surface area contributed by atoms with Crippen molar-refractivity contribution in [1.29, 1.82) is 0 Å². The molecule has 2 atom stereocenters. The molecule has 0 radical (unpaired) electrons. The highest BCUT2D eigenvalue weighted by Crippen LogP contribution is 2.54. The Morgan fingerprint density at radius 3 is 2.41 bits per heavy atom. The van der Waals surface area contributed by atoms with Crippen LogP contribution < -0.4 is 5.32 Å². The van der Waals surface area contributed by atoms with E-state index in [1.807, 2.05) is 6.08 Å². The summed E-state index contributed by atoms with van der Waals surface area (Å²) >= 11 is 3.46. The largest absolute Gasteiger partial charge is 0.521 e. The van der Waals surface area contributed by atoms with Crippen LogP contribution in [-0.2, 0) is 4.79 Å². The minimum Gasteiger partial charge on any atom is -0.477 e. The lowest BCUT2D eigenvalue weighted by Crippen LogP contribution is -2.75. The molecule has 0 spiro atoms. The monoisotopic (exact) mass is 373 g/mol. The van der Waals surface area contributed by atoms with Gasteiger partial charge in [0.15, 0.2) is 0 Å². The number of carboxylic acids is 1. The average Bonchev–Trinajstić information content (AvgIpc) is 2.71. The predicted octanol–water partition coefficient (Wildman–Crippen LogP) is 3.01. The molecule has 7 heteroatoms. The quantitative estimate of drug-likeness (QED) is 0.647. The number of halogens is 1. The zero-order chi connectivity index (χ0) is 16.9. The van der Waals surface area contributed by atoms with Crippen molar-refractivity contribution in [3.63, 3.8) is 0 Å². The van der Waals surface area contributed by atoms with Crippen molar-refractivity contribution in [3.8, 4) is 0 Å². The van der Waals surface area contributed by atoms with Gasteiger partial charge in [0.2, 0.25) is 11.4 Å². The maximum atomic E-state index is 12.4. The Morgan fingerprint density at radius 1 is 1.41 bits per heavy atom. The van der Waals surface area contributed by atoms with Crippen LogP contribution in [0.2, 0.25) is 0 Å². The Kier molecular flexibility index (Phi) is 3.94. The molecule has 1 amide bonds. The van der Waals surface area contributed by atoms with E-state index in [0.29, 0.717) is 12.4 Å². The Labute approximate surface area is 138 Å². The van der Waals surface area contributed by atoms with Crippen molar-refractivity contribution in [1.82, 2.24) is 5.32 Å². The summed E-state index contributed by atoms with van der Waals surface area (Å²) in [6.07, 6.45) is 1.16. The lowest BCUT2D eigenvalue weighted by Gasteiger charge is -2.50. The molecular formula is C15H22BrN2O4+. The minimum absolute atomic E-state index is 0.182. The van der Waals surface area contributed by atoms with Crippen LogP contribution in [0.1, 0.15) is 40.5 Å². The fraction of sp³-hybridized carbons (Fsp3) is 0.600. The second-order valence-electron chi connectivity index (χ2n) is 6.75. The van der Waals surface area contributed by atoms with E-state index in [4.69, 9.17) is 0 Å². The van der Waals surface area contributed by atoms with Crippen molar-refractivity contribution >= 4 is 28.0 Å². The molecule has 0 saturated carbocycles. The Morgan fingerprint density at radius 2 is 2.00 bits per heavy atom. The molecule has 0 fully saturated rings. The number of carbonyl (C=O) groups is 2. The van der Waals surface area contributed by atoms with Crippen LogP contribution in [0.3, 0.4) is 0 Å². The van der Waals surface area contributed by atoms with Gasteiger partial charge in [-0.05, 0) is 20.8 Å². The molecule has 122 valence electrons. The summed E-state index contributed by atoms with van der Waals surface area (Å²) in [5.74, 6) is -0.595. The van der Waals surface area contributed by atoms with Crippen LogP contribution in [0, 0.1) is 0 Å². The van der Waals surface area contributed by atoms with Gasteiger partial charge in [0, 0.05) is 23.9 Å². The summed E-state index contributed by atoms with van der Waals surface area (Å²) < 4.78 is 0.162. The van der Waals surface area contributed by atoms with Crippen LogP contribution in [0.5, 0.6) is 0 Å². The number of nitrogens with one attached hydrogen (secondary N) is 1. The maximum absolute atomic E-state index is 12.4. The standard InChI is InChI=1S/C15H21BrN2O4/c1-5-15(12(19)20)8-9-10(16)6-7-17-11(9)18(15,13(21)22)14(2,3)4/h6,17H,5,7-8H2,1-4H3,(H-,19,20,21,22)/p+1. The third-order valence-electron chi connectivity index (χ3n) is 4.85. The smallest absolute Gasteiger partial charge is 0.477 e. The molecule has 22 heavy (non-hydrogen) atoms. The van der Waals surface area contributed by atoms with Crippen LogP contribution in [0.15, 0.2) is 22.0 Å². The molecule has 2 aliphatic heterocycles. The topological polar surface area (TPSA) is 86.6 Å². The van der Waals surface area contributed by atoms with E-state index in [1.54, 1.807) is 27.7 Å². The van der Waals surface area contributed by atoms with Gasteiger partial charge in [-0.3, -0.25) is 0 Å². The summed E-state index contributed by atoms with van der Waals surface area (Å²) in [5.41, 5.74) is -1.51. The number of hydrogen-bond acceptors (Lipinski definition) is 3. The molecule has 0 aliphatic carbocycles. The summed E-state index contributed by atoms with van der Waals surface area (Å²) in [5, 5.41) is 23.3. The molecule has 2 rings (SSSR count). The number of allylic oxidation sites excluding steroid dienone is 1. The number of amides is 1. The third kappa shape index (κ3) is 1.81. The first-order valence-corrected chi connectivity index (χ1v) is 8.05. The highest BCUT2D eigenvalue weighted by atomic mass is 79.9. The van der Waals surface area contributed by atoms with Gasteiger partial charge in [0.05, 0.1) is 5.57 Å². The van der Waals surface area contributed by atoms with E-state index >= 15 is 0 Å². The molecule has 3 N–H and O–H groups in total. The number of aliphatic carboxylic acids is 1. The van der Waals surface area contributed by atoms with E-state index < -0.39 is 27.6 Å². The second kappa shape index (κ2) is 5.09. The third-order valence-corrected chi connectivity index (χ3v) is 5.65. The zero-order valence-electron chi connectivity index (χ0n) is 13.2. The minimum atomic E-state index is -1.43. The van der Waals surface area contributed by atoms with Crippen molar-refractivity contribution in [2.24, 2.45) is 0 Å². The van der Waals surface area contributed by atoms with E-state index in [-0.39, 0.29) is 12.8 Å². The van der Waals surface area contributed by atoms with Crippen LogP contribution >= 0.6 is 15.9 Å². The first-order valence-electron chi connectivity index (χ1n) is 7.26. The SMILES string of the molecule is CCC1(C(=O)O)CC2=C(NCC=C2Br)[N+]1(C(=O)O)C(C)(C)C. The lowest BCUT2D eigenvalue weighted by molar-refractivity contribution is -0.906. The van der Waals surface area contributed by atoms with Gasteiger partial charge < -0.3 is 15.5 Å². The van der Waals surface area contributed by atoms with Crippen LogP contribution in [0.4, 0.5) is 4.79 Å². The second-order valence-corrected chi connectivity index (χ2v) is 7.61. The molecule has 2 unspecified atom stereocenters. The molecule has 0 aromatic heterocycles. The number of rotatable bonds is 2. The summed E-state index contributed by atoms with van der Waals surface area (Å²) in [7, 11) is 0. The predicted molar refractivity (Wildman–Crippen MR) is 85.4 cm³/mol. The van der Waals surface area contributed by atoms with Gasteiger partial charge in [-0.2, -0.15) is 9.28 Å². The molecule has 0 aromatic carbocycles. The number of quaternary nitrogens is 1. The van der Waals surface area contributed by atoms with Gasteiger partial charge in [0.25, 0.3) is 0 Å². The Hall–Kier alpha value is -1.34. The summed E-state index contributed by atoms with van der Waals surface area (Å²) in [4.78, 5) is 24.6. The molecule has 0 saturated heterocycles. The average molecular weight is 374 g/mol. The van der Waals surface area contributed by atoms with Gasteiger partial charge >= 0.3 is 12.1 Å². The van der Waals surface area contributed by atoms with E-state index in [1.165, 1.54) is 0 Å². The summed E-state index contributed by atoms with van der Waals surface area (Å²) in [6, 6.07) is 0. The molecule has 0 aromatic rings. The van der Waals surface area contributed by atoms with Crippen molar-refractivity contribution in [2.45, 2.75) is 51.6 Å². The van der Waals surface area contributed by atoms with E-state index in [9.17, 15) is 19.8 Å². The Balaban J connectivity index is 2.89. The van der Waals surface area contributed by atoms with Gasteiger partial charge in [-0.25, -0.2) is 4.79 Å². The number of hydrogen-bond donors (Lipinski definition) is 3.